The predicted molar refractivity (Wildman–Crippen MR) is 191 cm³/mol. The number of carbonyl (C=O) groups is 2. The third-order valence-electron chi connectivity index (χ3n) is 9.33. The molecule has 3 aliphatic rings. The number of tetrazole rings is 1. The maximum atomic E-state index is 12.7. The lowest BCUT2D eigenvalue weighted by molar-refractivity contribution is -0.192. The van der Waals surface area contributed by atoms with Crippen LogP contribution in [0.5, 0.6) is 0 Å². The SMILES string of the molecule is CCn1nnc([C@H]2O[C@@H](n3cnc4c(NCCc5ccc(S(N)(=O)=O)cc5)nc(N5CC[C@@H](NC(=O)N[C@@H]6CCNC6)C5)nc43)[C@H](O)[C@@H]2O)n1.O=C(O)C(F)(F)F. The molecular formula is C31H41F3N14O8S. The van der Waals surface area contributed by atoms with Gasteiger partial charge in [0.1, 0.15) is 12.2 Å². The number of halogens is 3. The van der Waals surface area contributed by atoms with Gasteiger partial charge < -0.3 is 46.2 Å². The molecule has 3 aliphatic heterocycles. The number of carbonyl (C=O) groups excluding carboxylic acids is 1. The Balaban J connectivity index is 0.000000719. The summed E-state index contributed by atoms with van der Waals surface area (Å²) in [5, 5.41) is 59.2. The van der Waals surface area contributed by atoms with E-state index in [1.165, 1.54) is 23.3 Å². The summed E-state index contributed by atoms with van der Waals surface area (Å²) in [6.45, 7) is 5.40. The monoisotopic (exact) mass is 826 g/mol. The second-order valence-electron chi connectivity index (χ2n) is 13.4. The van der Waals surface area contributed by atoms with Crippen LogP contribution >= 0.6 is 0 Å². The van der Waals surface area contributed by atoms with E-state index in [-0.39, 0.29) is 28.8 Å². The minimum Gasteiger partial charge on any atom is -0.475 e. The van der Waals surface area contributed by atoms with Gasteiger partial charge in [-0.2, -0.15) is 27.9 Å². The van der Waals surface area contributed by atoms with Gasteiger partial charge in [-0.3, -0.25) is 4.57 Å². The highest BCUT2D eigenvalue weighted by molar-refractivity contribution is 7.89. The van der Waals surface area contributed by atoms with Gasteiger partial charge in [0.15, 0.2) is 29.3 Å². The van der Waals surface area contributed by atoms with Crippen molar-refractivity contribution in [1.82, 2.24) is 55.7 Å². The van der Waals surface area contributed by atoms with Gasteiger partial charge in [0.2, 0.25) is 21.8 Å². The third-order valence-corrected chi connectivity index (χ3v) is 10.3. The normalized spacial score (nSPS) is 23.7. The molecule has 0 unspecified atom stereocenters. The number of carboxylic acid groups (broad SMARTS) is 1. The Morgan fingerprint density at radius 1 is 1.09 bits per heavy atom. The maximum absolute atomic E-state index is 12.7. The number of alkyl halides is 3. The van der Waals surface area contributed by atoms with Crippen molar-refractivity contribution in [3.8, 4) is 0 Å². The van der Waals surface area contributed by atoms with Crippen LogP contribution in [0, 0.1) is 0 Å². The number of aliphatic hydroxyl groups is 2. The van der Waals surface area contributed by atoms with E-state index < -0.39 is 46.7 Å². The molecule has 3 fully saturated rings. The van der Waals surface area contributed by atoms with Crippen LogP contribution < -0.4 is 31.3 Å². The highest BCUT2D eigenvalue weighted by atomic mass is 32.2. The molecule has 0 spiro atoms. The first-order chi connectivity index (χ1) is 27.0. The number of urea groups is 1. The van der Waals surface area contributed by atoms with Crippen LogP contribution in [-0.4, -0.2) is 139 Å². The number of amides is 2. The average molecular weight is 827 g/mol. The molecule has 4 aromatic rings. The number of aliphatic hydroxyl groups excluding tert-OH is 2. The van der Waals surface area contributed by atoms with Gasteiger partial charge in [0.05, 0.1) is 17.8 Å². The summed E-state index contributed by atoms with van der Waals surface area (Å²) in [5.41, 5.74) is 1.62. The molecule has 0 bridgehead atoms. The zero-order valence-corrected chi connectivity index (χ0v) is 31.1. The lowest BCUT2D eigenvalue weighted by Crippen LogP contribution is -2.47. The molecule has 6 atom stereocenters. The molecular weight excluding hydrogens is 785 g/mol. The number of primary sulfonamides is 1. The fourth-order valence-corrected chi connectivity index (χ4v) is 6.90. The summed E-state index contributed by atoms with van der Waals surface area (Å²) in [5.74, 6) is -1.82. The number of aryl methyl sites for hydroxylation is 1. The molecule has 0 radical (unpaired) electrons. The molecule has 26 heteroatoms. The topological polar surface area (TPSA) is 303 Å². The Morgan fingerprint density at radius 3 is 2.44 bits per heavy atom. The summed E-state index contributed by atoms with van der Waals surface area (Å²) in [7, 11) is -3.80. The van der Waals surface area contributed by atoms with Crippen LogP contribution in [0.4, 0.5) is 29.7 Å². The van der Waals surface area contributed by atoms with Crippen LogP contribution in [0.2, 0.25) is 0 Å². The van der Waals surface area contributed by atoms with Crippen molar-refractivity contribution in [2.45, 2.75) is 80.4 Å². The molecule has 22 nitrogen and oxygen atoms in total. The standard InChI is InChI=1S/C29H40N14O6S.C2HF3O2/c1-2-43-39-25(38-40-43)23-21(44)22(45)27(49-23)42-15-33-20-24(32-11-7-16-3-5-19(6-4-16)50(30,47)48)36-28(37-26(20)42)41-12-9-18(14-41)35-29(46)34-17-8-10-31-13-17;3-2(4,5)1(6)7/h3-6,15,17-18,21-23,27,31,44-45H,2,7-14H2,1H3,(H2,30,47,48)(H,32,36,37)(H2,34,35,46);(H,6,7)/t17-,18-,21+,22-,23+,27-;/m1./s1. The van der Waals surface area contributed by atoms with Gasteiger partial charge in [-0.15, -0.1) is 10.2 Å². The Hall–Kier alpha value is -5.28. The van der Waals surface area contributed by atoms with Crippen molar-refractivity contribution in [2.24, 2.45) is 5.14 Å². The number of ether oxygens (including phenoxy) is 1. The van der Waals surface area contributed by atoms with E-state index in [0.717, 1.165) is 25.1 Å². The fourth-order valence-electron chi connectivity index (χ4n) is 6.38. The Morgan fingerprint density at radius 2 is 1.81 bits per heavy atom. The van der Waals surface area contributed by atoms with E-state index in [9.17, 15) is 36.6 Å². The van der Waals surface area contributed by atoms with Gasteiger partial charge in [0.25, 0.3) is 0 Å². The van der Waals surface area contributed by atoms with Crippen molar-refractivity contribution in [2.75, 3.05) is 42.9 Å². The minimum atomic E-state index is -5.08. The summed E-state index contributed by atoms with van der Waals surface area (Å²) in [6.07, 6.45) is -6.36. The zero-order chi connectivity index (χ0) is 41.1. The van der Waals surface area contributed by atoms with Gasteiger partial charge >= 0.3 is 18.2 Å². The van der Waals surface area contributed by atoms with Crippen LogP contribution in [0.3, 0.4) is 0 Å². The van der Waals surface area contributed by atoms with E-state index >= 15 is 0 Å². The number of nitrogens with two attached hydrogens (primary N) is 1. The molecule has 0 aliphatic carbocycles. The van der Waals surface area contributed by atoms with Gasteiger partial charge in [-0.05, 0) is 55.6 Å². The molecule has 3 saturated heterocycles. The number of imidazole rings is 1. The Bertz CT molecular complexity index is 2150. The van der Waals surface area contributed by atoms with Gasteiger partial charge in [-0.1, -0.05) is 12.1 Å². The highest BCUT2D eigenvalue weighted by Gasteiger charge is 2.47. The summed E-state index contributed by atoms with van der Waals surface area (Å²) < 4.78 is 62.7. The lowest BCUT2D eigenvalue weighted by Gasteiger charge is -2.20. The lowest BCUT2D eigenvalue weighted by atomic mass is 10.1. The number of nitrogens with zero attached hydrogens (tertiary/aromatic N) is 9. The van der Waals surface area contributed by atoms with E-state index in [1.54, 1.807) is 16.7 Å². The van der Waals surface area contributed by atoms with Gasteiger partial charge in [0, 0.05) is 38.3 Å². The molecule has 310 valence electrons. The zero-order valence-electron chi connectivity index (χ0n) is 30.2. The Kier molecular flexibility index (Phi) is 12.4. The van der Waals surface area contributed by atoms with Crippen molar-refractivity contribution in [1.29, 1.82) is 0 Å². The molecule has 2 amide bonds. The molecule has 9 N–H and O–H groups in total. The number of hydrogen-bond donors (Lipinski definition) is 8. The first kappa shape index (κ1) is 41.4. The van der Waals surface area contributed by atoms with Crippen molar-refractivity contribution < 1.29 is 51.2 Å². The van der Waals surface area contributed by atoms with Crippen LogP contribution in [0.15, 0.2) is 35.5 Å². The van der Waals surface area contributed by atoms with E-state index in [1.807, 2.05) is 11.8 Å². The van der Waals surface area contributed by atoms with Crippen molar-refractivity contribution in [3.05, 3.63) is 42.0 Å². The number of rotatable bonds is 11. The number of aromatic nitrogens is 8. The minimum absolute atomic E-state index is 0.0303. The predicted octanol–water partition coefficient (Wildman–Crippen LogP) is -1.00. The second-order valence-corrected chi connectivity index (χ2v) is 14.9. The number of anilines is 2. The molecule has 57 heavy (non-hydrogen) atoms. The van der Waals surface area contributed by atoms with Crippen LogP contribution in [0.1, 0.15) is 43.5 Å². The van der Waals surface area contributed by atoms with E-state index in [0.29, 0.717) is 62.0 Å². The summed E-state index contributed by atoms with van der Waals surface area (Å²) in [6, 6.07) is 6.06. The number of sulfonamides is 1. The average Bonchev–Trinajstić information content (AvgIpc) is 4.01. The molecule has 7 rings (SSSR count). The summed E-state index contributed by atoms with van der Waals surface area (Å²) >= 11 is 0. The first-order valence-corrected chi connectivity index (χ1v) is 19.3. The molecule has 1 aromatic carbocycles. The van der Waals surface area contributed by atoms with E-state index in [2.05, 4.69) is 41.7 Å². The number of fused-ring (bicyclic) bond motifs is 1. The quantitative estimate of drug-likeness (QED) is 0.0899. The maximum Gasteiger partial charge on any atom is 0.490 e. The fraction of sp³-hybridized carbons (Fsp3) is 0.548. The van der Waals surface area contributed by atoms with Crippen molar-refractivity contribution in [3.63, 3.8) is 0 Å². The third kappa shape index (κ3) is 9.82. The van der Waals surface area contributed by atoms with Crippen LogP contribution in [-0.2, 0) is 32.5 Å². The number of benzene rings is 1. The first-order valence-electron chi connectivity index (χ1n) is 17.7. The molecule has 3 aromatic heterocycles. The molecule has 6 heterocycles. The Labute approximate surface area is 322 Å². The number of nitrogens with one attached hydrogen (secondary N) is 4. The van der Waals surface area contributed by atoms with Crippen molar-refractivity contribution >= 4 is 45.0 Å². The van der Waals surface area contributed by atoms with Crippen LogP contribution in [0.25, 0.3) is 11.2 Å². The second kappa shape index (κ2) is 17.1. The van der Waals surface area contributed by atoms with E-state index in [4.69, 9.17) is 29.7 Å². The number of aliphatic carboxylic acids is 1. The number of hydrogen-bond acceptors (Lipinski definition) is 16. The summed E-state index contributed by atoms with van der Waals surface area (Å²) in [4.78, 5) is 39.1. The number of carboxylic acids is 1. The highest BCUT2D eigenvalue weighted by Crippen LogP contribution is 2.39. The molecule has 0 saturated carbocycles. The smallest absolute Gasteiger partial charge is 0.475 e. The van der Waals surface area contributed by atoms with Gasteiger partial charge in [-0.25, -0.2) is 28.1 Å². The largest absolute Gasteiger partial charge is 0.490 e.